The summed E-state index contributed by atoms with van der Waals surface area (Å²) in [5.41, 5.74) is 8.97. The van der Waals surface area contributed by atoms with Crippen LogP contribution in [0.3, 0.4) is 0 Å². The van der Waals surface area contributed by atoms with Gasteiger partial charge < -0.3 is 4.57 Å². The lowest BCUT2D eigenvalue weighted by Crippen LogP contribution is -2.42. The number of aromatic nitrogens is 1. The smallest absolute Gasteiger partial charge is 0.269 e. The van der Waals surface area contributed by atoms with Gasteiger partial charge in [-0.05, 0) is 54.7 Å². The molecule has 114 valence electrons. The molecule has 0 unspecified atom stereocenters. The molecular weight excluding hydrogens is 278 g/mol. The van der Waals surface area contributed by atoms with Gasteiger partial charge in [-0.2, -0.15) is 0 Å². The first-order chi connectivity index (χ1) is 10.6. The van der Waals surface area contributed by atoms with Crippen molar-refractivity contribution in [3.05, 3.63) is 58.9 Å². The van der Waals surface area contributed by atoms with Crippen LogP contribution in [0.5, 0.6) is 0 Å². The summed E-state index contributed by atoms with van der Waals surface area (Å²) in [5, 5.41) is 0. The van der Waals surface area contributed by atoms with Gasteiger partial charge in [0.05, 0.1) is 6.42 Å². The highest BCUT2D eigenvalue weighted by Crippen LogP contribution is 2.22. The molecule has 1 aliphatic rings. The van der Waals surface area contributed by atoms with E-state index in [-0.39, 0.29) is 18.2 Å². The normalized spacial score (nSPS) is 12.8. The Kier molecular flexibility index (Phi) is 3.96. The molecule has 0 bridgehead atoms. The first-order valence-corrected chi connectivity index (χ1v) is 7.44. The van der Waals surface area contributed by atoms with Gasteiger partial charge in [0.15, 0.2) is 0 Å². The largest absolute Gasteiger partial charge is 0.354 e. The molecule has 2 N–H and O–H groups in total. The Morgan fingerprint density at radius 1 is 1.14 bits per heavy atom. The monoisotopic (exact) mass is 297 g/mol. The lowest BCUT2D eigenvalue weighted by Gasteiger charge is -2.09. The van der Waals surface area contributed by atoms with Crippen molar-refractivity contribution in [1.29, 1.82) is 0 Å². The number of nitrogens with one attached hydrogen (secondary N) is 2. The van der Waals surface area contributed by atoms with Gasteiger partial charge in [-0.25, -0.2) is 0 Å². The van der Waals surface area contributed by atoms with E-state index in [1.165, 1.54) is 11.1 Å². The van der Waals surface area contributed by atoms with Crippen molar-refractivity contribution in [3.8, 4) is 0 Å². The highest BCUT2D eigenvalue weighted by atomic mass is 16.2. The van der Waals surface area contributed by atoms with E-state index < -0.39 is 0 Å². The molecule has 3 rings (SSSR count). The Labute approximate surface area is 129 Å². The van der Waals surface area contributed by atoms with E-state index in [0.29, 0.717) is 5.56 Å². The first-order valence-electron chi connectivity index (χ1n) is 7.44. The third-order valence-electron chi connectivity index (χ3n) is 4.07. The quantitative estimate of drug-likeness (QED) is 0.844. The number of carbonyl (C=O) groups excluding carboxylic acids is 2. The summed E-state index contributed by atoms with van der Waals surface area (Å²) < 4.78 is 1.88. The number of fused-ring (bicyclic) bond motifs is 1. The van der Waals surface area contributed by atoms with E-state index >= 15 is 0 Å². The van der Waals surface area contributed by atoms with E-state index in [0.717, 1.165) is 25.0 Å². The molecule has 0 radical (unpaired) electrons. The number of carbonyl (C=O) groups is 2. The summed E-state index contributed by atoms with van der Waals surface area (Å²) >= 11 is 0. The van der Waals surface area contributed by atoms with E-state index in [1.54, 1.807) is 0 Å². The third kappa shape index (κ3) is 3.03. The predicted molar refractivity (Wildman–Crippen MR) is 83.2 cm³/mol. The first kappa shape index (κ1) is 14.4. The van der Waals surface area contributed by atoms with Crippen LogP contribution in [-0.2, 0) is 31.1 Å². The van der Waals surface area contributed by atoms with Crippen molar-refractivity contribution in [2.24, 2.45) is 7.05 Å². The van der Waals surface area contributed by atoms with Gasteiger partial charge in [0.2, 0.25) is 5.91 Å². The number of amides is 2. The van der Waals surface area contributed by atoms with Gasteiger partial charge in [-0.15, -0.1) is 0 Å². The Morgan fingerprint density at radius 2 is 1.95 bits per heavy atom. The standard InChI is InChI=1S/C17H19N3O2/c1-20-9-3-6-15(20)11-16(21)18-19-17(22)14-8-7-12-4-2-5-13(12)10-14/h3,6-10H,2,4-5,11H2,1H3,(H,18,21)(H,19,22). The van der Waals surface area contributed by atoms with Crippen molar-refractivity contribution >= 4 is 11.8 Å². The lowest BCUT2D eigenvalue weighted by molar-refractivity contribution is -0.121. The van der Waals surface area contributed by atoms with Crippen molar-refractivity contribution in [2.75, 3.05) is 0 Å². The molecule has 0 spiro atoms. The van der Waals surface area contributed by atoms with Crippen LogP contribution in [0.1, 0.15) is 33.6 Å². The van der Waals surface area contributed by atoms with Crippen LogP contribution in [0.25, 0.3) is 0 Å². The molecule has 1 heterocycles. The van der Waals surface area contributed by atoms with E-state index in [1.807, 2.05) is 48.1 Å². The minimum atomic E-state index is -0.282. The van der Waals surface area contributed by atoms with Gasteiger partial charge in [-0.3, -0.25) is 20.4 Å². The maximum atomic E-state index is 12.1. The molecule has 22 heavy (non-hydrogen) atoms. The highest BCUT2D eigenvalue weighted by Gasteiger charge is 2.14. The molecule has 0 saturated heterocycles. The maximum absolute atomic E-state index is 12.1. The summed E-state index contributed by atoms with van der Waals surface area (Å²) in [6.45, 7) is 0. The van der Waals surface area contributed by atoms with Crippen molar-refractivity contribution in [3.63, 3.8) is 0 Å². The van der Waals surface area contributed by atoms with Crippen LogP contribution in [0, 0.1) is 0 Å². The zero-order chi connectivity index (χ0) is 15.5. The van der Waals surface area contributed by atoms with Gasteiger partial charge in [-0.1, -0.05) is 6.07 Å². The van der Waals surface area contributed by atoms with Crippen LogP contribution < -0.4 is 10.9 Å². The average molecular weight is 297 g/mol. The molecule has 0 saturated carbocycles. The molecule has 0 atom stereocenters. The molecule has 2 amide bonds. The van der Waals surface area contributed by atoms with E-state index in [2.05, 4.69) is 10.9 Å². The third-order valence-corrected chi connectivity index (χ3v) is 4.07. The number of hydrazine groups is 1. The van der Waals surface area contributed by atoms with Crippen molar-refractivity contribution in [1.82, 2.24) is 15.4 Å². The molecule has 0 fully saturated rings. The van der Waals surface area contributed by atoms with Gasteiger partial charge >= 0.3 is 0 Å². The van der Waals surface area contributed by atoms with Crippen molar-refractivity contribution in [2.45, 2.75) is 25.7 Å². The topological polar surface area (TPSA) is 63.1 Å². The Balaban J connectivity index is 1.56. The molecule has 5 nitrogen and oxygen atoms in total. The number of hydrogen-bond acceptors (Lipinski definition) is 2. The maximum Gasteiger partial charge on any atom is 0.269 e. The van der Waals surface area contributed by atoms with Crippen LogP contribution in [0.2, 0.25) is 0 Å². The number of nitrogens with zero attached hydrogens (tertiary/aromatic N) is 1. The second-order valence-corrected chi connectivity index (χ2v) is 5.63. The summed E-state index contributed by atoms with van der Waals surface area (Å²) in [5.74, 6) is -0.522. The average Bonchev–Trinajstić information content (AvgIpc) is 3.13. The summed E-state index contributed by atoms with van der Waals surface area (Å²) in [4.78, 5) is 23.9. The second-order valence-electron chi connectivity index (χ2n) is 5.63. The zero-order valence-electron chi connectivity index (χ0n) is 12.6. The zero-order valence-corrected chi connectivity index (χ0v) is 12.6. The molecular formula is C17H19N3O2. The Bertz CT molecular complexity index is 718. The Morgan fingerprint density at radius 3 is 2.73 bits per heavy atom. The van der Waals surface area contributed by atoms with E-state index in [4.69, 9.17) is 0 Å². The lowest BCUT2D eigenvalue weighted by atomic mass is 10.1. The fourth-order valence-corrected chi connectivity index (χ4v) is 2.80. The number of aryl methyl sites for hydroxylation is 3. The Hall–Kier alpha value is -2.56. The molecule has 1 aromatic carbocycles. The van der Waals surface area contributed by atoms with Gasteiger partial charge in [0.1, 0.15) is 0 Å². The highest BCUT2D eigenvalue weighted by molar-refractivity contribution is 5.95. The summed E-state index contributed by atoms with van der Waals surface area (Å²) in [6.07, 6.45) is 5.37. The molecule has 1 aromatic heterocycles. The van der Waals surface area contributed by atoms with Crippen LogP contribution in [0.4, 0.5) is 0 Å². The molecule has 5 heteroatoms. The van der Waals surface area contributed by atoms with Crippen LogP contribution in [-0.4, -0.2) is 16.4 Å². The second kappa shape index (κ2) is 6.05. The van der Waals surface area contributed by atoms with Crippen LogP contribution >= 0.6 is 0 Å². The van der Waals surface area contributed by atoms with E-state index in [9.17, 15) is 9.59 Å². The number of hydrogen-bond donors (Lipinski definition) is 2. The van der Waals surface area contributed by atoms with Gasteiger partial charge in [0, 0.05) is 24.5 Å². The van der Waals surface area contributed by atoms with Gasteiger partial charge in [0.25, 0.3) is 5.91 Å². The fourth-order valence-electron chi connectivity index (χ4n) is 2.80. The van der Waals surface area contributed by atoms with Crippen molar-refractivity contribution < 1.29 is 9.59 Å². The predicted octanol–water partition coefficient (Wildman–Crippen LogP) is 1.52. The molecule has 1 aliphatic carbocycles. The fraction of sp³-hybridized carbons (Fsp3) is 0.294. The number of benzene rings is 1. The summed E-state index contributed by atoms with van der Waals surface area (Å²) in [7, 11) is 1.88. The minimum absolute atomic E-state index is 0.230. The SMILES string of the molecule is Cn1cccc1CC(=O)NNC(=O)c1ccc2c(c1)CCC2. The molecule has 2 aromatic rings. The molecule has 0 aliphatic heterocycles. The minimum Gasteiger partial charge on any atom is -0.354 e. The summed E-state index contributed by atoms with van der Waals surface area (Å²) in [6, 6.07) is 9.49. The number of rotatable bonds is 3. The van der Waals surface area contributed by atoms with Crippen LogP contribution in [0.15, 0.2) is 36.5 Å².